The lowest BCUT2D eigenvalue weighted by Gasteiger charge is -2.24. The van der Waals surface area contributed by atoms with Crippen molar-refractivity contribution in [3.8, 4) is 0 Å². The van der Waals surface area contributed by atoms with Gasteiger partial charge < -0.3 is 0 Å². The van der Waals surface area contributed by atoms with E-state index in [2.05, 4.69) is 17.0 Å². The van der Waals surface area contributed by atoms with E-state index in [1.165, 1.54) is 4.90 Å². The van der Waals surface area contributed by atoms with E-state index in [-0.39, 0.29) is 12.3 Å². The fraction of sp³-hybridized carbons (Fsp3) is 0.267. The maximum Gasteiger partial charge on any atom is 0.329 e. The van der Waals surface area contributed by atoms with Crippen molar-refractivity contribution in [2.45, 2.75) is 19.9 Å². The van der Waals surface area contributed by atoms with Crippen LogP contribution < -0.4 is 10.2 Å². The number of nitrogens with zero attached hydrogens (tertiary/aromatic N) is 3. The van der Waals surface area contributed by atoms with Gasteiger partial charge in [0.25, 0.3) is 0 Å². The number of aryl methyl sites for hydroxylation is 1. The second-order valence-electron chi connectivity index (χ2n) is 5.07. The molecule has 3 amide bonds. The van der Waals surface area contributed by atoms with E-state index in [4.69, 9.17) is 0 Å². The summed E-state index contributed by atoms with van der Waals surface area (Å²) >= 11 is 0. The maximum atomic E-state index is 12.0. The Kier molecular flexibility index (Phi) is 3.21. The molecule has 1 aromatic carbocycles. The van der Waals surface area contributed by atoms with Gasteiger partial charge in [-0.2, -0.15) is 5.10 Å². The molecule has 21 heavy (non-hydrogen) atoms. The molecule has 2 aromatic rings. The number of imide groups is 1. The zero-order valence-electron chi connectivity index (χ0n) is 11.8. The smallest absolute Gasteiger partial charge is 0.278 e. The predicted molar refractivity (Wildman–Crippen MR) is 80.2 cm³/mol. The molecule has 2 heterocycles. The summed E-state index contributed by atoms with van der Waals surface area (Å²) < 4.78 is 1.81. The van der Waals surface area contributed by atoms with Gasteiger partial charge >= 0.3 is 6.03 Å². The summed E-state index contributed by atoms with van der Waals surface area (Å²) in [5, 5.41) is 7.75. The van der Waals surface area contributed by atoms with Crippen molar-refractivity contribution in [2.24, 2.45) is 0 Å². The molecule has 1 fully saturated rings. The Hall–Kier alpha value is -2.63. The van der Waals surface area contributed by atoms with E-state index in [1.807, 2.05) is 25.1 Å². The molecule has 1 aliphatic rings. The Bertz CT molecular complexity index is 747. The van der Waals surface area contributed by atoms with Crippen molar-refractivity contribution in [1.82, 2.24) is 15.1 Å². The number of urea groups is 1. The largest absolute Gasteiger partial charge is 0.329 e. The highest BCUT2D eigenvalue weighted by Gasteiger charge is 2.28. The van der Waals surface area contributed by atoms with Crippen LogP contribution in [0, 0.1) is 6.92 Å². The molecule has 0 spiro atoms. The highest BCUT2D eigenvalue weighted by molar-refractivity contribution is 6.08. The zero-order valence-corrected chi connectivity index (χ0v) is 11.8. The molecule has 6 nitrogen and oxygen atoms in total. The Morgan fingerprint density at radius 1 is 1.43 bits per heavy atom. The van der Waals surface area contributed by atoms with E-state index in [0.717, 1.165) is 16.5 Å². The molecule has 0 bridgehead atoms. The third-order valence-corrected chi connectivity index (χ3v) is 3.50. The first-order chi connectivity index (χ1) is 10.1. The van der Waals surface area contributed by atoms with Crippen LogP contribution in [0.15, 0.2) is 30.9 Å². The zero-order chi connectivity index (χ0) is 15.0. The van der Waals surface area contributed by atoms with Gasteiger partial charge in [-0.1, -0.05) is 17.7 Å². The lowest BCUT2D eigenvalue weighted by Crippen LogP contribution is -2.49. The van der Waals surface area contributed by atoms with Gasteiger partial charge in [0, 0.05) is 18.4 Å². The molecule has 6 heteroatoms. The lowest BCUT2D eigenvalue weighted by molar-refractivity contribution is -0.120. The minimum absolute atomic E-state index is 0.248. The van der Waals surface area contributed by atoms with Gasteiger partial charge in [-0.05, 0) is 19.1 Å². The van der Waals surface area contributed by atoms with Crippen LogP contribution in [0.4, 0.5) is 10.6 Å². The van der Waals surface area contributed by atoms with Crippen LogP contribution in [0.25, 0.3) is 10.9 Å². The maximum absolute atomic E-state index is 12.0. The standard InChI is InChI=1S/C15H16N4O2/c1-3-7-19-12-5-4-10(2)9-11(12)14(17-19)18-8-6-13(20)16-15(18)21/h3-5,9H,1,6-8H2,2H3,(H,16,20,21). The minimum Gasteiger partial charge on any atom is -0.278 e. The molecular formula is C15H16N4O2. The van der Waals surface area contributed by atoms with Crippen molar-refractivity contribution < 1.29 is 9.59 Å². The predicted octanol–water partition coefficient (Wildman–Crippen LogP) is 1.98. The average molecular weight is 284 g/mol. The van der Waals surface area contributed by atoms with E-state index in [1.54, 1.807) is 10.8 Å². The van der Waals surface area contributed by atoms with Crippen molar-refractivity contribution in [3.63, 3.8) is 0 Å². The summed E-state index contributed by atoms with van der Waals surface area (Å²) in [6, 6.07) is 5.57. The monoisotopic (exact) mass is 284 g/mol. The molecule has 108 valence electrons. The Labute approximate surface area is 122 Å². The number of allylic oxidation sites excluding steroid dienone is 1. The molecule has 1 aromatic heterocycles. The fourth-order valence-corrected chi connectivity index (χ4v) is 2.50. The van der Waals surface area contributed by atoms with Crippen LogP contribution in [0.1, 0.15) is 12.0 Å². The number of benzene rings is 1. The van der Waals surface area contributed by atoms with Crippen molar-refractivity contribution in [2.75, 3.05) is 11.4 Å². The molecule has 1 aliphatic heterocycles. The van der Waals surface area contributed by atoms with Crippen molar-refractivity contribution in [1.29, 1.82) is 0 Å². The molecule has 0 unspecified atom stereocenters. The third kappa shape index (κ3) is 2.29. The van der Waals surface area contributed by atoms with Gasteiger partial charge in [0.1, 0.15) is 0 Å². The van der Waals surface area contributed by atoms with E-state index < -0.39 is 6.03 Å². The number of rotatable bonds is 3. The number of nitrogens with one attached hydrogen (secondary N) is 1. The third-order valence-electron chi connectivity index (χ3n) is 3.50. The summed E-state index contributed by atoms with van der Waals surface area (Å²) in [5.41, 5.74) is 2.04. The van der Waals surface area contributed by atoms with Crippen LogP contribution in [0.2, 0.25) is 0 Å². The van der Waals surface area contributed by atoms with Gasteiger partial charge in [-0.3, -0.25) is 19.7 Å². The highest BCUT2D eigenvalue weighted by atomic mass is 16.2. The van der Waals surface area contributed by atoms with Gasteiger partial charge in [-0.15, -0.1) is 6.58 Å². The van der Waals surface area contributed by atoms with Crippen LogP contribution in [-0.4, -0.2) is 28.3 Å². The second-order valence-corrected chi connectivity index (χ2v) is 5.07. The molecule has 0 saturated carbocycles. The summed E-state index contributed by atoms with van der Waals surface area (Å²) in [6.07, 6.45) is 2.04. The van der Waals surface area contributed by atoms with Crippen LogP contribution in [0.5, 0.6) is 0 Å². The Balaban J connectivity index is 2.13. The van der Waals surface area contributed by atoms with E-state index in [9.17, 15) is 9.59 Å². The summed E-state index contributed by atoms with van der Waals surface area (Å²) in [4.78, 5) is 24.8. The number of carbonyl (C=O) groups is 2. The second kappa shape index (κ2) is 5.05. The van der Waals surface area contributed by atoms with Gasteiger partial charge in [-0.25, -0.2) is 4.79 Å². The topological polar surface area (TPSA) is 67.2 Å². The number of hydrogen-bond acceptors (Lipinski definition) is 3. The average Bonchev–Trinajstić information content (AvgIpc) is 2.77. The van der Waals surface area contributed by atoms with E-state index in [0.29, 0.717) is 18.9 Å². The fourth-order valence-electron chi connectivity index (χ4n) is 2.50. The van der Waals surface area contributed by atoms with Gasteiger partial charge in [0.15, 0.2) is 5.82 Å². The first-order valence-electron chi connectivity index (χ1n) is 6.79. The SMILES string of the molecule is C=CCn1nc(N2CCC(=O)NC2=O)c2cc(C)ccc21. The number of anilines is 1. The molecule has 1 saturated heterocycles. The van der Waals surface area contributed by atoms with Crippen LogP contribution in [0.3, 0.4) is 0 Å². The molecule has 0 aliphatic carbocycles. The molecule has 1 N–H and O–H groups in total. The summed E-state index contributed by atoms with van der Waals surface area (Å²) in [7, 11) is 0. The number of amides is 3. The van der Waals surface area contributed by atoms with Crippen LogP contribution in [-0.2, 0) is 11.3 Å². The minimum atomic E-state index is -0.419. The van der Waals surface area contributed by atoms with Crippen molar-refractivity contribution in [3.05, 3.63) is 36.4 Å². The summed E-state index contributed by atoms with van der Waals surface area (Å²) in [6.45, 7) is 6.63. The molecule has 0 radical (unpaired) electrons. The first kappa shape index (κ1) is 13.4. The molecular weight excluding hydrogens is 268 g/mol. The van der Waals surface area contributed by atoms with Crippen LogP contribution >= 0.6 is 0 Å². The van der Waals surface area contributed by atoms with E-state index >= 15 is 0 Å². The quantitative estimate of drug-likeness (QED) is 0.876. The number of hydrogen-bond donors (Lipinski definition) is 1. The van der Waals surface area contributed by atoms with Crippen molar-refractivity contribution >= 4 is 28.7 Å². The number of fused-ring (bicyclic) bond motifs is 1. The number of carbonyl (C=O) groups excluding carboxylic acids is 2. The summed E-state index contributed by atoms with van der Waals surface area (Å²) in [5.74, 6) is 0.336. The van der Waals surface area contributed by atoms with Gasteiger partial charge in [0.2, 0.25) is 5.91 Å². The Morgan fingerprint density at radius 3 is 2.95 bits per heavy atom. The Morgan fingerprint density at radius 2 is 2.24 bits per heavy atom. The van der Waals surface area contributed by atoms with Gasteiger partial charge in [0.05, 0.1) is 12.1 Å². The number of aromatic nitrogens is 2. The first-order valence-corrected chi connectivity index (χ1v) is 6.79. The lowest BCUT2D eigenvalue weighted by atomic mass is 10.1. The molecule has 3 rings (SSSR count). The molecule has 0 atom stereocenters. The normalized spacial score (nSPS) is 15.4. The highest BCUT2D eigenvalue weighted by Crippen LogP contribution is 2.28.